The maximum atomic E-state index is 15.6. The van der Waals surface area contributed by atoms with Crippen molar-refractivity contribution in [3.63, 3.8) is 0 Å². The second-order valence-electron chi connectivity index (χ2n) is 15.1. The number of benzene rings is 2. The van der Waals surface area contributed by atoms with Gasteiger partial charge in [0.05, 0.1) is 61.9 Å². The number of hydrogen-bond donors (Lipinski definition) is 2. The second-order valence-corrected chi connectivity index (χ2v) is 15.1. The number of hydrogen-bond acceptors (Lipinski definition) is 11. The fourth-order valence-electron chi connectivity index (χ4n) is 6.82. The molecule has 2 aliphatic rings. The molecular formula is C40H43F8N5O8. The highest BCUT2D eigenvalue weighted by molar-refractivity contribution is 6.24. The largest absolute Gasteiger partial charge is 0.509 e. The van der Waals surface area contributed by atoms with E-state index in [1.165, 1.54) is 12.1 Å². The molecule has 5 rings (SSSR count). The van der Waals surface area contributed by atoms with Crippen LogP contribution in [0, 0.1) is 11.6 Å². The number of anilines is 1. The van der Waals surface area contributed by atoms with Crippen LogP contribution in [0.5, 0.6) is 5.75 Å². The summed E-state index contributed by atoms with van der Waals surface area (Å²) < 4.78 is 134. The number of hydrazine groups is 1. The van der Waals surface area contributed by atoms with Gasteiger partial charge >= 0.3 is 18.3 Å². The SMILES string of the molecule is CN1N(Cc2ccc(OCCOCCOCCC(=O)OC(C)(C)C)c(F)c2F)C(=O)C(C(=O)Nc2ccc(C(F)(F)F)cc2-c2cc(C(F)(F)F)ncn2)=C(O)C12CCCC2. The molecule has 1 saturated carbocycles. The number of carbonyl (C=O) groups is 3. The predicted molar refractivity (Wildman–Crippen MR) is 199 cm³/mol. The van der Waals surface area contributed by atoms with Gasteiger partial charge in [-0.2, -0.15) is 30.7 Å². The third kappa shape index (κ3) is 11.1. The number of rotatable bonds is 15. The van der Waals surface area contributed by atoms with Gasteiger partial charge < -0.3 is 29.4 Å². The minimum atomic E-state index is -5.01. The molecule has 3 aromatic rings. The van der Waals surface area contributed by atoms with Crippen molar-refractivity contribution in [2.75, 3.05) is 45.4 Å². The summed E-state index contributed by atoms with van der Waals surface area (Å²) in [6.07, 6.45) is -8.00. The number of ether oxygens (including phenoxy) is 4. The van der Waals surface area contributed by atoms with Crippen LogP contribution in [0.3, 0.4) is 0 Å². The van der Waals surface area contributed by atoms with Crippen LogP contribution < -0.4 is 10.1 Å². The lowest BCUT2D eigenvalue weighted by Gasteiger charge is -2.48. The molecule has 332 valence electrons. The molecule has 0 bridgehead atoms. The molecule has 1 spiro atoms. The van der Waals surface area contributed by atoms with E-state index < -0.39 is 105 Å². The van der Waals surface area contributed by atoms with Crippen LogP contribution >= 0.6 is 0 Å². The van der Waals surface area contributed by atoms with Crippen LogP contribution in [-0.4, -0.2) is 94.1 Å². The Morgan fingerprint density at radius 3 is 2.16 bits per heavy atom. The van der Waals surface area contributed by atoms with E-state index in [2.05, 4.69) is 15.3 Å². The molecular weight excluding hydrogens is 830 g/mol. The first-order valence-electron chi connectivity index (χ1n) is 18.9. The summed E-state index contributed by atoms with van der Waals surface area (Å²) in [5.74, 6) is -6.90. The zero-order valence-electron chi connectivity index (χ0n) is 33.4. The Kier molecular flexibility index (Phi) is 14.3. The van der Waals surface area contributed by atoms with Crippen LogP contribution in [0.2, 0.25) is 0 Å². The minimum absolute atomic E-state index is 0.0321. The van der Waals surface area contributed by atoms with Gasteiger partial charge in [0.25, 0.3) is 11.8 Å². The molecule has 13 nitrogen and oxygen atoms in total. The standard InChI is InChI=1S/C40H43F8N5O8/c1-37(2,3)61-30(54)11-14-58-15-16-59-17-18-60-28-10-7-23(32(41)33(28)42)21-53-36(57)31(34(55)38(52(53)4)12-5-6-13-38)35(56)51-26-9-8-24(39(43,44)45)19-25(26)27-20-29(40(46,47)48)50-22-49-27/h7-10,19-20,22,55H,5-6,11-18,21H2,1-4H3,(H,51,56). The molecule has 0 radical (unpaired) electrons. The number of alkyl halides is 6. The van der Waals surface area contributed by atoms with Crippen molar-refractivity contribution in [1.82, 2.24) is 20.0 Å². The van der Waals surface area contributed by atoms with Crippen LogP contribution in [0.4, 0.5) is 40.8 Å². The summed E-state index contributed by atoms with van der Waals surface area (Å²) in [5, 5.41) is 16.0. The lowest BCUT2D eigenvalue weighted by Crippen LogP contribution is -2.62. The van der Waals surface area contributed by atoms with Crippen molar-refractivity contribution in [3.05, 3.63) is 82.5 Å². The highest BCUT2D eigenvalue weighted by Crippen LogP contribution is 2.45. The summed E-state index contributed by atoms with van der Waals surface area (Å²) in [5.41, 5.74) is -7.78. The molecule has 2 amide bonds. The topological polar surface area (TPSA) is 153 Å². The number of likely N-dealkylation sites (N-methyl/N-ethyl adjacent to an activating group) is 1. The average Bonchev–Trinajstić information content (AvgIpc) is 3.68. The summed E-state index contributed by atoms with van der Waals surface area (Å²) in [4.78, 5) is 46.6. The molecule has 1 fully saturated rings. The zero-order valence-corrected chi connectivity index (χ0v) is 33.4. The summed E-state index contributed by atoms with van der Waals surface area (Å²) in [6.45, 7) is 4.74. The monoisotopic (exact) mass is 873 g/mol. The van der Waals surface area contributed by atoms with Crippen molar-refractivity contribution in [2.24, 2.45) is 0 Å². The maximum Gasteiger partial charge on any atom is 0.433 e. The Balaban J connectivity index is 1.30. The van der Waals surface area contributed by atoms with Crippen molar-refractivity contribution in [1.29, 1.82) is 0 Å². The molecule has 21 heteroatoms. The van der Waals surface area contributed by atoms with Crippen LogP contribution in [0.25, 0.3) is 11.3 Å². The van der Waals surface area contributed by atoms with Gasteiger partial charge in [-0.3, -0.25) is 19.4 Å². The van der Waals surface area contributed by atoms with Gasteiger partial charge in [-0.05, 0) is 63.9 Å². The van der Waals surface area contributed by atoms with E-state index in [1.54, 1.807) is 20.8 Å². The Bertz CT molecular complexity index is 2130. The lowest BCUT2D eigenvalue weighted by molar-refractivity contribution is -0.163. The first kappa shape index (κ1) is 46.7. The highest BCUT2D eigenvalue weighted by atomic mass is 19.4. The molecule has 1 aromatic heterocycles. The number of nitrogens with one attached hydrogen (secondary N) is 1. The molecule has 2 N–H and O–H groups in total. The Morgan fingerprint density at radius 2 is 1.52 bits per heavy atom. The van der Waals surface area contributed by atoms with Crippen LogP contribution in [0.1, 0.15) is 69.7 Å². The molecule has 61 heavy (non-hydrogen) atoms. The third-order valence-electron chi connectivity index (χ3n) is 9.77. The van der Waals surface area contributed by atoms with Crippen molar-refractivity contribution < 1.29 is 73.6 Å². The molecule has 0 unspecified atom stereocenters. The van der Waals surface area contributed by atoms with Gasteiger partial charge in [0.2, 0.25) is 5.82 Å². The fraction of sp³-hybridized carbons (Fsp3) is 0.475. The number of aliphatic hydroxyl groups excluding tert-OH is 1. The Labute approximate surface area is 344 Å². The molecule has 1 aliphatic carbocycles. The van der Waals surface area contributed by atoms with Gasteiger partial charge in [-0.1, -0.05) is 18.9 Å². The summed E-state index contributed by atoms with van der Waals surface area (Å²) in [6, 6.07) is 4.42. The van der Waals surface area contributed by atoms with E-state index in [9.17, 15) is 45.8 Å². The predicted octanol–water partition coefficient (Wildman–Crippen LogP) is 7.56. The molecule has 0 atom stereocenters. The van der Waals surface area contributed by atoms with Gasteiger partial charge in [0.15, 0.2) is 11.6 Å². The van der Waals surface area contributed by atoms with E-state index in [0.29, 0.717) is 37.4 Å². The molecule has 0 saturated heterocycles. The first-order chi connectivity index (χ1) is 28.5. The van der Waals surface area contributed by atoms with Crippen LogP contribution in [-0.2, 0) is 47.5 Å². The number of carbonyl (C=O) groups excluding carboxylic acids is 3. The minimum Gasteiger partial charge on any atom is -0.509 e. The van der Waals surface area contributed by atoms with E-state index in [-0.39, 0.29) is 57.9 Å². The molecule has 2 heterocycles. The Morgan fingerprint density at radius 1 is 0.869 bits per heavy atom. The number of aromatic nitrogens is 2. The smallest absolute Gasteiger partial charge is 0.433 e. The van der Waals surface area contributed by atoms with Crippen LogP contribution in [0.15, 0.2) is 54.1 Å². The Hall–Kier alpha value is -5.41. The maximum absolute atomic E-state index is 15.6. The second kappa shape index (κ2) is 18.7. The van der Waals surface area contributed by atoms with Crippen molar-refractivity contribution >= 4 is 23.5 Å². The summed E-state index contributed by atoms with van der Waals surface area (Å²) >= 11 is 0. The quantitative estimate of drug-likeness (QED) is 0.0674. The average molecular weight is 874 g/mol. The number of esters is 1. The zero-order chi connectivity index (χ0) is 44.9. The number of halogens is 8. The number of amides is 2. The van der Waals surface area contributed by atoms with Gasteiger partial charge in [0.1, 0.15) is 35.6 Å². The lowest BCUT2D eigenvalue weighted by atomic mass is 9.88. The highest BCUT2D eigenvalue weighted by Gasteiger charge is 2.53. The van der Waals surface area contributed by atoms with E-state index in [1.807, 2.05) is 0 Å². The third-order valence-corrected chi connectivity index (χ3v) is 9.77. The molecule has 1 aliphatic heterocycles. The van der Waals surface area contributed by atoms with E-state index in [0.717, 1.165) is 23.2 Å². The number of nitrogens with zero attached hydrogens (tertiary/aromatic N) is 4. The van der Waals surface area contributed by atoms with Gasteiger partial charge in [-0.15, -0.1) is 0 Å². The van der Waals surface area contributed by atoms with Crippen molar-refractivity contribution in [3.8, 4) is 17.0 Å². The fourth-order valence-corrected chi connectivity index (χ4v) is 6.82. The van der Waals surface area contributed by atoms with Crippen molar-refractivity contribution in [2.45, 2.75) is 82.9 Å². The van der Waals surface area contributed by atoms with Gasteiger partial charge in [0, 0.05) is 18.2 Å². The molecule has 2 aromatic carbocycles. The van der Waals surface area contributed by atoms with E-state index in [4.69, 9.17) is 18.9 Å². The summed E-state index contributed by atoms with van der Waals surface area (Å²) in [7, 11) is 1.41. The van der Waals surface area contributed by atoms with Gasteiger partial charge in [-0.25, -0.2) is 19.4 Å². The first-order valence-corrected chi connectivity index (χ1v) is 18.9. The normalized spacial score (nSPS) is 16.1. The number of aliphatic hydroxyl groups is 1. The van der Waals surface area contributed by atoms with E-state index >= 15 is 8.78 Å².